The van der Waals surface area contributed by atoms with Crippen molar-refractivity contribution in [2.45, 2.75) is 0 Å². The maximum absolute atomic E-state index is 5.48. The minimum absolute atomic E-state index is 0.913. The molecule has 184 valence electrons. The molecule has 0 unspecified atom stereocenters. The van der Waals surface area contributed by atoms with Crippen LogP contribution in [0.3, 0.4) is 0 Å². The number of rotatable bonds is 4. The quantitative estimate of drug-likeness (QED) is 0.241. The molecule has 3 heterocycles. The summed E-state index contributed by atoms with van der Waals surface area (Å²) in [6, 6.07) is 51.0. The first kappa shape index (κ1) is 21.7. The van der Waals surface area contributed by atoms with Gasteiger partial charge in [0.1, 0.15) is 5.65 Å². The van der Waals surface area contributed by atoms with E-state index in [-0.39, 0.29) is 0 Å². The predicted octanol–water partition coefficient (Wildman–Crippen LogP) is 8.89. The van der Waals surface area contributed by atoms with Gasteiger partial charge in [-0.25, -0.2) is 14.7 Å². The van der Waals surface area contributed by atoms with Gasteiger partial charge >= 0.3 is 0 Å². The fraction of sp³-hybridized carbons (Fsp3) is 0. The fourth-order valence-electron chi connectivity index (χ4n) is 5.79. The number of aromatic nitrogens is 3. The topological polar surface area (TPSA) is 26.0 Å². The van der Waals surface area contributed by atoms with Crippen LogP contribution in [0, 0.1) is 0 Å². The Balaban J connectivity index is 1.55. The second-order valence-electron chi connectivity index (χ2n) is 9.73. The molecule has 5 aromatic carbocycles. The molecule has 39 heavy (non-hydrogen) atoms. The maximum Gasteiger partial charge on any atom is 0.162 e. The molecule has 0 atom stereocenters. The molecule has 0 saturated carbocycles. The van der Waals surface area contributed by atoms with E-state index in [0.29, 0.717) is 0 Å². The molecular weight excluding hydrogens is 476 g/mol. The van der Waals surface area contributed by atoms with Crippen LogP contribution in [0.4, 0.5) is 11.4 Å². The molecule has 8 aromatic rings. The maximum atomic E-state index is 5.48. The van der Waals surface area contributed by atoms with Gasteiger partial charge in [0.05, 0.1) is 22.4 Å². The van der Waals surface area contributed by atoms with Gasteiger partial charge in [-0.2, -0.15) is 0 Å². The van der Waals surface area contributed by atoms with E-state index < -0.39 is 0 Å². The average Bonchev–Trinajstić information content (AvgIpc) is 3.50. The van der Waals surface area contributed by atoms with Crippen LogP contribution in [0.25, 0.3) is 49.6 Å². The summed E-state index contributed by atoms with van der Waals surface area (Å²) in [7, 11) is 0. The lowest BCUT2D eigenvalue weighted by molar-refractivity contribution is 0.874. The lowest BCUT2D eigenvalue weighted by Crippen LogP contribution is -2.24. The van der Waals surface area contributed by atoms with Crippen molar-refractivity contribution < 1.29 is 0 Å². The summed E-state index contributed by atoms with van der Waals surface area (Å²) < 4.78 is 4.54. The molecule has 0 fully saturated rings. The third-order valence-electron chi connectivity index (χ3n) is 7.47. The molecule has 3 aromatic heterocycles. The number of hydrogen-bond acceptors (Lipinski definition) is 2. The summed E-state index contributed by atoms with van der Waals surface area (Å²) in [4.78, 5) is 5.48. The Morgan fingerprint density at radius 3 is 1.56 bits per heavy atom. The van der Waals surface area contributed by atoms with Crippen molar-refractivity contribution in [1.82, 2.24) is 14.2 Å². The van der Waals surface area contributed by atoms with E-state index >= 15 is 0 Å². The van der Waals surface area contributed by atoms with Crippen LogP contribution >= 0.6 is 0 Å². The van der Waals surface area contributed by atoms with Gasteiger partial charge in [0.2, 0.25) is 0 Å². The van der Waals surface area contributed by atoms with Crippen LogP contribution in [0.5, 0.6) is 0 Å². The van der Waals surface area contributed by atoms with Gasteiger partial charge in [-0.1, -0.05) is 91.0 Å². The number of nitrogens with zero attached hydrogens (tertiary/aromatic N) is 4. The Bertz CT molecular complexity index is 2070. The van der Waals surface area contributed by atoms with Crippen molar-refractivity contribution in [1.29, 1.82) is 0 Å². The summed E-state index contributed by atoms with van der Waals surface area (Å²) >= 11 is 0. The Hall–Kier alpha value is -5.35. The van der Waals surface area contributed by atoms with E-state index in [9.17, 15) is 0 Å². The van der Waals surface area contributed by atoms with Gasteiger partial charge in [-0.15, -0.1) is 0 Å². The molecule has 0 aliphatic rings. The van der Waals surface area contributed by atoms with E-state index in [0.717, 1.165) is 50.2 Å². The van der Waals surface area contributed by atoms with Crippen LogP contribution in [0.2, 0.25) is 0 Å². The molecule has 0 N–H and O–H groups in total. The molecule has 0 bridgehead atoms. The van der Waals surface area contributed by atoms with Crippen LogP contribution in [0.15, 0.2) is 146 Å². The standard InChI is InChI=1S/C35H24N4/c1-4-14-25(15-5-1)37-32-22-12-10-20-28(32)30-24-31-29-21-11-13-23-33(29)39(35(31)36-34(30)37)38(26-16-6-2-7-17-26)27-18-8-3-9-19-27/h1-24H. The molecule has 0 saturated heterocycles. The second kappa shape index (κ2) is 8.61. The number of fused-ring (bicyclic) bond motifs is 6. The minimum Gasteiger partial charge on any atom is -0.294 e. The molecule has 0 radical (unpaired) electrons. The van der Waals surface area contributed by atoms with Crippen LogP contribution in [0.1, 0.15) is 0 Å². The monoisotopic (exact) mass is 500 g/mol. The number of pyridine rings is 1. The zero-order valence-electron chi connectivity index (χ0n) is 21.1. The van der Waals surface area contributed by atoms with Crippen molar-refractivity contribution >= 4 is 55.2 Å². The minimum atomic E-state index is 0.913. The van der Waals surface area contributed by atoms with E-state index in [1.165, 1.54) is 10.8 Å². The lowest BCUT2D eigenvalue weighted by Gasteiger charge is -2.27. The van der Waals surface area contributed by atoms with Crippen molar-refractivity contribution in [3.8, 4) is 5.69 Å². The van der Waals surface area contributed by atoms with Crippen molar-refractivity contribution in [3.05, 3.63) is 146 Å². The molecular formula is C35H24N4. The highest BCUT2D eigenvalue weighted by molar-refractivity contribution is 6.16. The summed E-state index contributed by atoms with van der Waals surface area (Å²) in [6.45, 7) is 0. The average molecular weight is 501 g/mol. The summed E-state index contributed by atoms with van der Waals surface area (Å²) in [5, 5.41) is 6.92. The van der Waals surface area contributed by atoms with Crippen LogP contribution in [-0.4, -0.2) is 14.2 Å². The molecule has 0 aliphatic heterocycles. The largest absolute Gasteiger partial charge is 0.294 e. The van der Waals surface area contributed by atoms with Gasteiger partial charge in [-0.3, -0.25) is 4.57 Å². The Labute approximate surface area is 225 Å². The third-order valence-corrected chi connectivity index (χ3v) is 7.47. The van der Waals surface area contributed by atoms with E-state index in [2.05, 4.69) is 160 Å². The molecule has 0 amide bonds. The third kappa shape index (κ3) is 3.28. The highest BCUT2D eigenvalue weighted by atomic mass is 15.6. The Morgan fingerprint density at radius 1 is 0.436 bits per heavy atom. The number of para-hydroxylation sites is 5. The zero-order valence-corrected chi connectivity index (χ0v) is 21.1. The van der Waals surface area contributed by atoms with Gasteiger partial charge in [0.15, 0.2) is 5.65 Å². The Kier molecular flexibility index (Phi) is 4.79. The summed E-state index contributed by atoms with van der Waals surface area (Å²) in [5.41, 5.74) is 7.35. The summed E-state index contributed by atoms with van der Waals surface area (Å²) in [6.07, 6.45) is 0. The molecule has 0 aliphatic carbocycles. The predicted molar refractivity (Wildman–Crippen MR) is 162 cm³/mol. The molecule has 8 rings (SSSR count). The van der Waals surface area contributed by atoms with Crippen molar-refractivity contribution in [2.75, 3.05) is 5.01 Å². The van der Waals surface area contributed by atoms with Crippen LogP contribution < -0.4 is 5.01 Å². The molecule has 4 heteroatoms. The van der Waals surface area contributed by atoms with Gasteiger partial charge in [-0.05, 0) is 54.6 Å². The number of anilines is 2. The second-order valence-corrected chi connectivity index (χ2v) is 9.73. The van der Waals surface area contributed by atoms with Gasteiger partial charge in [0, 0.05) is 27.2 Å². The highest BCUT2D eigenvalue weighted by Crippen LogP contribution is 2.39. The first-order valence-electron chi connectivity index (χ1n) is 13.2. The van der Waals surface area contributed by atoms with E-state index in [4.69, 9.17) is 4.98 Å². The first-order chi connectivity index (χ1) is 19.4. The smallest absolute Gasteiger partial charge is 0.162 e. The van der Waals surface area contributed by atoms with Gasteiger partial charge < -0.3 is 0 Å². The SMILES string of the molecule is c1ccc(N(c2ccccc2)n2c3ccccc3c3cc4c5ccccc5n(-c5ccccc5)c4nc32)cc1. The molecule has 0 spiro atoms. The zero-order chi connectivity index (χ0) is 25.8. The number of hydrogen-bond donors (Lipinski definition) is 0. The van der Waals surface area contributed by atoms with E-state index in [1.807, 2.05) is 0 Å². The fourth-order valence-corrected chi connectivity index (χ4v) is 5.79. The first-order valence-corrected chi connectivity index (χ1v) is 13.2. The number of benzene rings is 5. The normalized spacial score (nSPS) is 11.6. The van der Waals surface area contributed by atoms with Crippen molar-refractivity contribution in [3.63, 3.8) is 0 Å². The lowest BCUT2D eigenvalue weighted by atomic mass is 10.1. The highest BCUT2D eigenvalue weighted by Gasteiger charge is 2.22. The summed E-state index contributed by atoms with van der Waals surface area (Å²) in [5.74, 6) is 0. The van der Waals surface area contributed by atoms with E-state index in [1.54, 1.807) is 0 Å². The Morgan fingerprint density at radius 2 is 0.923 bits per heavy atom. The van der Waals surface area contributed by atoms with Gasteiger partial charge in [0.25, 0.3) is 0 Å². The van der Waals surface area contributed by atoms with Crippen molar-refractivity contribution in [2.24, 2.45) is 0 Å². The molecule has 4 nitrogen and oxygen atoms in total. The van der Waals surface area contributed by atoms with Crippen LogP contribution in [-0.2, 0) is 0 Å².